The van der Waals surface area contributed by atoms with Gasteiger partial charge in [0.1, 0.15) is 5.82 Å². The van der Waals surface area contributed by atoms with Crippen LogP contribution in [0, 0.1) is 5.82 Å². The van der Waals surface area contributed by atoms with Crippen molar-refractivity contribution in [2.24, 2.45) is 0 Å². The molecule has 0 aliphatic heterocycles. The fourth-order valence-corrected chi connectivity index (χ4v) is 0.998. The summed E-state index contributed by atoms with van der Waals surface area (Å²) in [5.74, 6) is -0.891. The highest BCUT2D eigenvalue weighted by Gasteiger charge is 2.09. The molecule has 0 saturated carbocycles. The summed E-state index contributed by atoms with van der Waals surface area (Å²) in [4.78, 5) is 11.1. The monoisotopic (exact) mass is 180 g/mol. The second kappa shape index (κ2) is 3.85. The highest BCUT2D eigenvalue weighted by Crippen LogP contribution is 2.13. The number of methoxy groups -OCH3 is 1. The van der Waals surface area contributed by atoms with Crippen molar-refractivity contribution < 1.29 is 13.9 Å². The summed E-state index contributed by atoms with van der Waals surface area (Å²) in [6.07, 6.45) is 1.41. The standard InChI is InChI=1S/C10H9FO2/c1-3-7-6-8(11)4-5-9(7)10(12)13-2/h3-6H,1H2,2H3. The Hall–Kier alpha value is -1.64. The molecular weight excluding hydrogens is 171 g/mol. The third-order valence-corrected chi connectivity index (χ3v) is 1.64. The van der Waals surface area contributed by atoms with Crippen LogP contribution in [-0.2, 0) is 4.74 Å². The lowest BCUT2D eigenvalue weighted by Crippen LogP contribution is -2.03. The van der Waals surface area contributed by atoms with Crippen molar-refractivity contribution in [2.45, 2.75) is 0 Å². The van der Waals surface area contributed by atoms with Gasteiger partial charge in [-0.15, -0.1) is 0 Å². The molecule has 68 valence electrons. The predicted molar refractivity (Wildman–Crippen MR) is 47.8 cm³/mol. The van der Waals surface area contributed by atoms with Crippen LogP contribution < -0.4 is 0 Å². The molecule has 1 aromatic rings. The minimum atomic E-state index is -0.491. The molecule has 0 unspecified atom stereocenters. The minimum absolute atomic E-state index is 0.318. The van der Waals surface area contributed by atoms with Gasteiger partial charge in [0, 0.05) is 0 Å². The summed E-state index contributed by atoms with van der Waals surface area (Å²) in [6, 6.07) is 3.82. The van der Waals surface area contributed by atoms with Crippen molar-refractivity contribution in [3.63, 3.8) is 0 Å². The Bertz CT molecular complexity index is 345. The first kappa shape index (κ1) is 9.45. The normalized spacial score (nSPS) is 9.38. The Balaban J connectivity index is 3.20. The SMILES string of the molecule is C=Cc1cc(F)ccc1C(=O)OC. The molecule has 1 rings (SSSR count). The second-order valence-electron chi connectivity index (χ2n) is 2.43. The maximum absolute atomic E-state index is 12.7. The van der Waals surface area contributed by atoms with Gasteiger partial charge >= 0.3 is 5.97 Å². The third kappa shape index (κ3) is 1.93. The molecule has 0 amide bonds. The van der Waals surface area contributed by atoms with E-state index in [-0.39, 0.29) is 0 Å². The molecule has 0 heterocycles. The van der Waals surface area contributed by atoms with Crippen LogP contribution in [0.3, 0.4) is 0 Å². The number of carbonyl (C=O) groups excluding carboxylic acids is 1. The number of carbonyl (C=O) groups is 1. The van der Waals surface area contributed by atoms with E-state index in [1.54, 1.807) is 0 Å². The molecule has 2 nitrogen and oxygen atoms in total. The highest BCUT2D eigenvalue weighted by atomic mass is 19.1. The van der Waals surface area contributed by atoms with Gasteiger partial charge in [-0.3, -0.25) is 0 Å². The van der Waals surface area contributed by atoms with Crippen LogP contribution in [0.25, 0.3) is 6.08 Å². The molecule has 0 fully saturated rings. The molecule has 3 heteroatoms. The molecule has 1 aromatic carbocycles. The van der Waals surface area contributed by atoms with Gasteiger partial charge in [0.05, 0.1) is 12.7 Å². The van der Waals surface area contributed by atoms with Crippen LogP contribution in [0.1, 0.15) is 15.9 Å². The van der Waals surface area contributed by atoms with Crippen molar-refractivity contribution in [1.82, 2.24) is 0 Å². The molecular formula is C10H9FO2. The van der Waals surface area contributed by atoms with Crippen molar-refractivity contribution in [2.75, 3.05) is 7.11 Å². The number of esters is 1. The Morgan fingerprint density at radius 2 is 2.31 bits per heavy atom. The fraction of sp³-hybridized carbons (Fsp3) is 0.100. The summed E-state index contributed by atoms with van der Waals surface area (Å²) in [5.41, 5.74) is 0.755. The molecule has 0 N–H and O–H groups in total. The lowest BCUT2D eigenvalue weighted by Gasteiger charge is -2.02. The Kier molecular flexibility index (Phi) is 2.80. The summed E-state index contributed by atoms with van der Waals surface area (Å²) >= 11 is 0. The number of rotatable bonds is 2. The molecule has 0 atom stereocenters. The van der Waals surface area contributed by atoms with E-state index in [0.29, 0.717) is 11.1 Å². The lowest BCUT2D eigenvalue weighted by atomic mass is 10.1. The number of halogens is 1. The van der Waals surface area contributed by atoms with E-state index in [4.69, 9.17) is 0 Å². The summed E-state index contributed by atoms with van der Waals surface area (Å²) in [7, 11) is 1.28. The van der Waals surface area contributed by atoms with E-state index in [2.05, 4.69) is 11.3 Å². The molecule has 0 saturated heterocycles. The van der Waals surface area contributed by atoms with Crippen molar-refractivity contribution in [3.8, 4) is 0 Å². The van der Waals surface area contributed by atoms with Crippen LogP contribution >= 0.6 is 0 Å². The molecule has 0 spiro atoms. The second-order valence-corrected chi connectivity index (χ2v) is 2.43. The van der Waals surface area contributed by atoms with Gasteiger partial charge in [-0.1, -0.05) is 12.7 Å². The van der Waals surface area contributed by atoms with Crippen LogP contribution in [0.4, 0.5) is 4.39 Å². The molecule has 0 aliphatic carbocycles. The van der Waals surface area contributed by atoms with Crippen LogP contribution in [0.15, 0.2) is 24.8 Å². The molecule has 0 bridgehead atoms. The van der Waals surface area contributed by atoms with Gasteiger partial charge in [-0.2, -0.15) is 0 Å². The van der Waals surface area contributed by atoms with Crippen LogP contribution in [0.5, 0.6) is 0 Å². The first-order chi connectivity index (χ1) is 6.19. The zero-order valence-corrected chi connectivity index (χ0v) is 7.21. The maximum atomic E-state index is 12.7. The van der Waals surface area contributed by atoms with Gasteiger partial charge in [-0.05, 0) is 23.8 Å². The van der Waals surface area contributed by atoms with Gasteiger partial charge in [0.25, 0.3) is 0 Å². The van der Waals surface area contributed by atoms with Gasteiger partial charge in [0.15, 0.2) is 0 Å². The lowest BCUT2D eigenvalue weighted by molar-refractivity contribution is 0.0600. The van der Waals surface area contributed by atoms with E-state index < -0.39 is 11.8 Å². The predicted octanol–water partition coefficient (Wildman–Crippen LogP) is 2.26. The van der Waals surface area contributed by atoms with Gasteiger partial charge in [-0.25, -0.2) is 9.18 Å². The summed E-state index contributed by atoms with van der Waals surface area (Å²) in [6.45, 7) is 3.47. The van der Waals surface area contributed by atoms with Crippen LogP contribution in [0.2, 0.25) is 0 Å². The van der Waals surface area contributed by atoms with Crippen molar-refractivity contribution in [3.05, 3.63) is 41.7 Å². The van der Waals surface area contributed by atoms with E-state index >= 15 is 0 Å². The van der Waals surface area contributed by atoms with E-state index in [1.807, 2.05) is 0 Å². The highest BCUT2D eigenvalue weighted by molar-refractivity contribution is 5.93. The maximum Gasteiger partial charge on any atom is 0.338 e. The number of hydrogen-bond donors (Lipinski definition) is 0. The zero-order chi connectivity index (χ0) is 9.84. The van der Waals surface area contributed by atoms with Crippen LogP contribution in [-0.4, -0.2) is 13.1 Å². The number of hydrogen-bond acceptors (Lipinski definition) is 2. The quantitative estimate of drug-likeness (QED) is 0.652. The first-order valence-electron chi connectivity index (χ1n) is 3.69. The smallest absolute Gasteiger partial charge is 0.338 e. The van der Waals surface area contributed by atoms with Gasteiger partial charge < -0.3 is 4.74 Å². The number of benzene rings is 1. The minimum Gasteiger partial charge on any atom is -0.465 e. The fourth-order valence-electron chi connectivity index (χ4n) is 0.998. The molecule has 0 radical (unpaired) electrons. The average molecular weight is 180 g/mol. The van der Waals surface area contributed by atoms with E-state index in [9.17, 15) is 9.18 Å². The third-order valence-electron chi connectivity index (χ3n) is 1.64. The Morgan fingerprint density at radius 3 is 2.85 bits per heavy atom. The largest absolute Gasteiger partial charge is 0.465 e. The van der Waals surface area contributed by atoms with E-state index in [0.717, 1.165) is 0 Å². The van der Waals surface area contributed by atoms with E-state index in [1.165, 1.54) is 31.4 Å². The molecule has 0 aromatic heterocycles. The van der Waals surface area contributed by atoms with Gasteiger partial charge in [0.2, 0.25) is 0 Å². The first-order valence-corrected chi connectivity index (χ1v) is 3.69. The molecule has 13 heavy (non-hydrogen) atoms. The Labute approximate surface area is 75.6 Å². The zero-order valence-electron chi connectivity index (χ0n) is 7.21. The van der Waals surface area contributed by atoms with Crippen molar-refractivity contribution >= 4 is 12.0 Å². The van der Waals surface area contributed by atoms with Crippen molar-refractivity contribution in [1.29, 1.82) is 0 Å². The summed E-state index contributed by atoms with van der Waals surface area (Å²) < 4.78 is 17.2. The summed E-state index contributed by atoms with van der Waals surface area (Å²) in [5, 5.41) is 0. The number of ether oxygens (including phenoxy) is 1. The average Bonchev–Trinajstić information content (AvgIpc) is 2.16. The Morgan fingerprint density at radius 1 is 1.62 bits per heavy atom. The topological polar surface area (TPSA) is 26.3 Å². The molecule has 0 aliphatic rings.